The molecule has 2 aliphatic rings. The summed E-state index contributed by atoms with van der Waals surface area (Å²) in [5, 5.41) is 5.72. The van der Waals surface area contributed by atoms with Crippen molar-refractivity contribution in [2.45, 2.75) is 37.6 Å². The average Bonchev–Trinajstić information content (AvgIpc) is 3.65. The van der Waals surface area contributed by atoms with Gasteiger partial charge in [-0.05, 0) is 91.8 Å². The number of carbonyl (C=O) groups excluding carboxylic acids is 1. The monoisotopic (exact) mass is 806 g/mol. The summed E-state index contributed by atoms with van der Waals surface area (Å²) >= 11 is -1.74. The number of hydrogen-bond donors (Lipinski definition) is 3. The van der Waals surface area contributed by atoms with Crippen LogP contribution in [-0.2, 0) is 11.1 Å². The van der Waals surface area contributed by atoms with Crippen LogP contribution in [0.4, 0.5) is 26.1 Å². The molecule has 15 heteroatoms. The number of imidazole rings is 1. The molecule has 8 rings (SSSR count). The van der Waals surface area contributed by atoms with Crippen LogP contribution in [0.3, 0.4) is 0 Å². The molecule has 58 heavy (non-hydrogen) atoms. The number of para-hydroxylation sites is 1. The molecular weight excluding hydrogens is 763 g/mol. The first-order valence-corrected chi connectivity index (χ1v) is 20.7. The number of rotatable bonds is 12. The number of ether oxygens (including phenoxy) is 1. The maximum Gasteiger partial charge on any atom is 0.255 e. The van der Waals surface area contributed by atoms with Gasteiger partial charge in [0.05, 0.1) is 35.6 Å². The molecule has 1 aliphatic heterocycles. The van der Waals surface area contributed by atoms with Gasteiger partial charge in [-0.25, -0.2) is 27.9 Å². The number of nitrogens with one attached hydrogen (secondary N) is 2. The molecule has 1 amide bonds. The molecule has 3 N–H and O–H groups in total. The van der Waals surface area contributed by atoms with Gasteiger partial charge in [-0.15, -0.1) is 0 Å². The summed E-state index contributed by atoms with van der Waals surface area (Å²) in [6.07, 6.45) is 7.99. The van der Waals surface area contributed by atoms with Gasteiger partial charge in [-0.3, -0.25) is 19.0 Å². The molecule has 0 spiro atoms. The van der Waals surface area contributed by atoms with Crippen molar-refractivity contribution in [3.63, 3.8) is 0 Å². The number of hydrogen-bond acceptors (Lipinski definition) is 9. The number of amides is 1. The van der Waals surface area contributed by atoms with Crippen LogP contribution >= 0.6 is 0 Å². The fraction of sp³-hybridized carbons (Fsp3) is 0.302. The van der Waals surface area contributed by atoms with E-state index >= 15 is 0 Å². The molecular formula is C43H44F2N8O4S. The number of piperazine rings is 1. The third-order valence-corrected chi connectivity index (χ3v) is 11.7. The van der Waals surface area contributed by atoms with Crippen LogP contribution in [0, 0.1) is 11.6 Å². The number of carbonyl (C=O) groups is 1. The zero-order chi connectivity index (χ0) is 40.2. The van der Waals surface area contributed by atoms with Crippen LogP contribution in [0.1, 0.15) is 47.5 Å². The minimum Gasteiger partial charge on any atom is -0.495 e. The number of aromatic nitrogens is 4. The van der Waals surface area contributed by atoms with E-state index in [9.17, 15) is 17.8 Å². The largest absolute Gasteiger partial charge is 0.495 e. The van der Waals surface area contributed by atoms with Gasteiger partial charge in [0.1, 0.15) is 28.7 Å². The second-order valence-corrected chi connectivity index (χ2v) is 15.7. The predicted molar refractivity (Wildman–Crippen MR) is 221 cm³/mol. The Morgan fingerprint density at radius 1 is 0.914 bits per heavy atom. The van der Waals surface area contributed by atoms with Crippen molar-refractivity contribution in [3.05, 3.63) is 120 Å². The van der Waals surface area contributed by atoms with E-state index < -0.39 is 34.3 Å². The molecule has 0 bridgehead atoms. The summed E-state index contributed by atoms with van der Waals surface area (Å²) in [5.41, 5.74) is 4.71. The lowest BCUT2D eigenvalue weighted by molar-refractivity contribution is 0.0789. The minimum atomic E-state index is -1.74. The number of fused-ring (bicyclic) bond motifs is 1. The van der Waals surface area contributed by atoms with Crippen molar-refractivity contribution in [1.82, 2.24) is 29.2 Å². The Bertz CT molecular complexity index is 2430. The molecule has 6 aromatic rings. The fourth-order valence-electron chi connectivity index (χ4n) is 8.12. The van der Waals surface area contributed by atoms with Crippen molar-refractivity contribution in [2.75, 3.05) is 56.2 Å². The first-order chi connectivity index (χ1) is 28.2. The lowest BCUT2D eigenvalue weighted by Crippen LogP contribution is -2.51. The van der Waals surface area contributed by atoms with Crippen LogP contribution in [0.5, 0.6) is 5.75 Å². The number of nitrogens with zero attached hydrogens (tertiary/aromatic N) is 6. The summed E-state index contributed by atoms with van der Waals surface area (Å²) in [6.45, 7) is 4.54. The van der Waals surface area contributed by atoms with Crippen LogP contribution < -0.4 is 15.4 Å². The SMILES string of the molecule is COc1cc(C2CCC(N3CCN(CCS(=O)O)CC3)CC2)ccc1Nc1nccc(-c2c(-c3cccc(C(=O)Nc4c(F)cccc4F)c3)nc3ccccn23)n1. The Morgan fingerprint density at radius 2 is 1.69 bits per heavy atom. The van der Waals surface area contributed by atoms with Gasteiger partial charge in [0.2, 0.25) is 5.95 Å². The third-order valence-electron chi connectivity index (χ3n) is 11.2. The first kappa shape index (κ1) is 39.2. The Morgan fingerprint density at radius 3 is 2.45 bits per heavy atom. The van der Waals surface area contributed by atoms with E-state index in [1.54, 1.807) is 37.6 Å². The number of pyridine rings is 1. The highest BCUT2D eigenvalue weighted by molar-refractivity contribution is 7.79. The lowest BCUT2D eigenvalue weighted by atomic mass is 9.81. The van der Waals surface area contributed by atoms with E-state index in [0.29, 0.717) is 64.2 Å². The second-order valence-electron chi connectivity index (χ2n) is 14.6. The summed E-state index contributed by atoms with van der Waals surface area (Å²) in [6, 6.07) is 24.4. The van der Waals surface area contributed by atoms with Gasteiger partial charge in [0.25, 0.3) is 5.91 Å². The number of benzene rings is 3. The highest BCUT2D eigenvalue weighted by Crippen LogP contribution is 2.39. The van der Waals surface area contributed by atoms with Crippen molar-refractivity contribution < 1.29 is 27.1 Å². The summed E-state index contributed by atoms with van der Waals surface area (Å²) in [7, 11) is 1.66. The first-order valence-electron chi connectivity index (χ1n) is 19.4. The molecule has 4 heterocycles. The zero-order valence-corrected chi connectivity index (χ0v) is 32.8. The van der Waals surface area contributed by atoms with Gasteiger partial charge < -0.3 is 19.9 Å². The van der Waals surface area contributed by atoms with Gasteiger partial charge in [0, 0.05) is 62.3 Å². The van der Waals surface area contributed by atoms with Gasteiger partial charge in [-0.2, -0.15) is 0 Å². The van der Waals surface area contributed by atoms with Crippen molar-refractivity contribution in [1.29, 1.82) is 0 Å². The van der Waals surface area contributed by atoms with Crippen molar-refractivity contribution in [2.24, 2.45) is 0 Å². The van der Waals surface area contributed by atoms with Crippen LogP contribution in [0.2, 0.25) is 0 Å². The maximum absolute atomic E-state index is 14.3. The van der Waals surface area contributed by atoms with E-state index in [2.05, 4.69) is 37.6 Å². The van der Waals surface area contributed by atoms with Crippen molar-refractivity contribution >= 4 is 40.0 Å². The van der Waals surface area contributed by atoms with Crippen molar-refractivity contribution in [3.8, 4) is 28.4 Å². The van der Waals surface area contributed by atoms with E-state index in [4.69, 9.17) is 19.3 Å². The Balaban J connectivity index is 0.981. The molecule has 1 unspecified atom stereocenters. The number of halogens is 2. The number of methoxy groups -OCH3 is 1. The molecule has 1 saturated heterocycles. The summed E-state index contributed by atoms with van der Waals surface area (Å²) < 4.78 is 56.7. The average molecular weight is 807 g/mol. The maximum atomic E-state index is 14.3. The molecule has 2 fully saturated rings. The normalized spacial score (nSPS) is 18.2. The molecule has 1 atom stereocenters. The molecule has 300 valence electrons. The fourth-order valence-corrected chi connectivity index (χ4v) is 8.54. The molecule has 0 radical (unpaired) electrons. The third kappa shape index (κ3) is 8.62. The van der Waals surface area contributed by atoms with Gasteiger partial charge in [-0.1, -0.05) is 30.3 Å². The van der Waals surface area contributed by atoms with E-state index in [-0.39, 0.29) is 5.56 Å². The van der Waals surface area contributed by atoms with Crippen LogP contribution in [0.25, 0.3) is 28.3 Å². The predicted octanol–water partition coefficient (Wildman–Crippen LogP) is 7.61. The molecule has 1 saturated carbocycles. The Kier molecular flexibility index (Phi) is 11.8. The van der Waals surface area contributed by atoms with Crippen LogP contribution in [-0.4, -0.2) is 95.4 Å². The molecule has 1 aliphatic carbocycles. The number of anilines is 3. The minimum absolute atomic E-state index is 0.197. The standard InChI is InChI=1S/C43H44F2N8O4S/c1-57-37-27-29(28-11-14-32(15-12-28)52-22-20-51(21-23-52)24-25-58(55)56)13-16-35(37)47-43-46-18-17-36(48-43)41-39(49-38-10-2-3-19-53(38)41)30-6-4-7-31(26-30)42(54)50-40-33(44)8-5-9-34(40)45/h2-10,13,16-19,26-28,32H,11-12,14-15,20-25H2,1H3,(H,50,54)(H,55,56)(H,46,47,48). The topological polar surface area (TPSA) is 137 Å². The molecule has 3 aromatic carbocycles. The summed E-state index contributed by atoms with van der Waals surface area (Å²) in [4.78, 5) is 32.4. The zero-order valence-electron chi connectivity index (χ0n) is 32.0. The lowest BCUT2D eigenvalue weighted by Gasteiger charge is -2.42. The van der Waals surface area contributed by atoms with Gasteiger partial charge in [0.15, 0.2) is 11.1 Å². The highest BCUT2D eigenvalue weighted by Gasteiger charge is 2.29. The Labute approximate surface area is 337 Å². The highest BCUT2D eigenvalue weighted by atomic mass is 32.2. The van der Waals surface area contributed by atoms with Crippen LogP contribution in [0.15, 0.2) is 97.3 Å². The van der Waals surface area contributed by atoms with Gasteiger partial charge >= 0.3 is 0 Å². The molecule has 12 nitrogen and oxygen atoms in total. The van der Waals surface area contributed by atoms with E-state index in [0.717, 1.165) is 69.7 Å². The van der Waals surface area contributed by atoms with E-state index in [1.807, 2.05) is 40.9 Å². The quantitative estimate of drug-likeness (QED) is 0.106. The second kappa shape index (κ2) is 17.5. The Hall–Kier alpha value is -5.61. The van der Waals surface area contributed by atoms with E-state index in [1.165, 1.54) is 11.6 Å². The molecule has 3 aromatic heterocycles. The summed E-state index contributed by atoms with van der Waals surface area (Å²) in [5.74, 6) is -0.628. The smallest absolute Gasteiger partial charge is 0.255 e.